The molecule has 2 aromatic heterocycles. The van der Waals surface area contributed by atoms with E-state index in [2.05, 4.69) is 51.1 Å². The molecule has 0 aliphatic carbocycles. The minimum atomic E-state index is 0.646. The predicted octanol–water partition coefficient (Wildman–Crippen LogP) is 4.14. The first kappa shape index (κ1) is 15.5. The number of hydrogen-bond donors (Lipinski definition) is 1. The first-order chi connectivity index (χ1) is 9.66. The van der Waals surface area contributed by atoms with Gasteiger partial charge in [-0.25, -0.2) is 9.97 Å². The zero-order valence-corrected chi connectivity index (χ0v) is 14.0. The van der Waals surface area contributed by atoms with E-state index in [-0.39, 0.29) is 0 Å². The van der Waals surface area contributed by atoms with Gasteiger partial charge in [-0.15, -0.1) is 0 Å². The molecule has 3 nitrogen and oxygen atoms in total. The first-order valence-electron chi connectivity index (χ1n) is 6.60. The fraction of sp³-hybridized carbons (Fsp3) is 0.333. The van der Waals surface area contributed by atoms with Gasteiger partial charge in [0.05, 0.1) is 4.47 Å². The summed E-state index contributed by atoms with van der Waals surface area (Å²) in [4.78, 5) is 8.85. The number of nitrogens with one attached hydrogen (secondary N) is 1. The van der Waals surface area contributed by atoms with E-state index in [4.69, 9.17) is 0 Å². The van der Waals surface area contributed by atoms with Crippen molar-refractivity contribution in [2.24, 2.45) is 5.92 Å². The van der Waals surface area contributed by atoms with Crippen LogP contribution >= 0.6 is 27.7 Å². The van der Waals surface area contributed by atoms with E-state index in [1.807, 2.05) is 24.4 Å². The van der Waals surface area contributed by atoms with Crippen LogP contribution < -0.4 is 5.32 Å². The van der Waals surface area contributed by atoms with Crippen molar-refractivity contribution < 1.29 is 0 Å². The van der Waals surface area contributed by atoms with Crippen molar-refractivity contribution in [3.8, 4) is 0 Å². The quantitative estimate of drug-likeness (QED) is 0.848. The number of halogens is 1. The van der Waals surface area contributed by atoms with Gasteiger partial charge >= 0.3 is 0 Å². The summed E-state index contributed by atoms with van der Waals surface area (Å²) in [6, 6.07) is 8.00. The van der Waals surface area contributed by atoms with Crippen LogP contribution in [0.15, 0.2) is 51.2 Å². The normalized spacial score (nSPS) is 11.0. The molecule has 0 amide bonds. The molecule has 0 aliphatic heterocycles. The average Bonchev–Trinajstić information content (AvgIpc) is 2.43. The topological polar surface area (TPSA) is 37.8 Å². The Balaban J connectivity index is 2.10. The Bertz CT molecular complexity index is 560. The van der Waals surface area contributed by atoms with Gasteiger partial charge in [0.1, 0.15) is 10.1 Å². The van der Waals surface area contributed by atoms with Crippen molar-refractivity contribution in [3.05, 3.63) is 46.7 Å². The molecule has 0 saturated heterocycles. The fourth-order valence-corrected chi connectivity index (χ4v) is 3.03. The number of hydrogen-bond acceptors (Lipinski definition) is 4. The van der Waals surface area contributed by atoms with Gasteiger partial charge in [-0.3, -0.25) is 0 Å². The molecule has 0 aromatic carbocycles. The molecule has 1 N–H and O–H groups in total. The lowest BCUT2D eigenvalue weighted by atomic mass is 10.2. The van der Waals surface area contributed by atoms with Crippen LogP contribution in [0.3, 0.4) is 0 Å². The molecule has 0 bridgehead atoms. The Morgan fingerprint density at radius 3 is 2.55 bits per heavy atom. The number of rotatable bonds is 6. The second-order valence-electron chi connectivity index (χ2n) is 4.88. The highest BCUT2D eigenvalue weighted by atomic mass is 79.9. The van der Waals surface area contributed by atoms with Crippen LogP contribution in [-0.2, 0) is 6.54 Å². The minimum absolute atomic E-state index is 0.646. The van der Waals surface area contributed by atoms with Crippen molar-refractivity contribution in [1.29, 1.82) is 0 Å². The Hall–Kier alpha value is -0.910. The van der Waals surface area contributed by atoms with E-state index < -0.39 is 0 Å². The summed E-state index contributed by atoms with van der Waals surface area (Å²) in [6.07, 6.45) is 3.62. The van der Waals surface area contributed by atoms with Crippen molar-refractivity contribution >= 4 is 27.7 Å². The van der Waals surface area contributed by atoms with Gasteiger partial charge in [-0.2, -0.15) is 0 Å². The molecule has 2 heterocycles. The van der Waals surface area contributed by atoms with Crippen molar-refractivity contribution in [3.63, 3.8) is 0 Å². The minimum Gasteiger partial charge on any atom is -0.312 e. The molecule has 20 heavy (non-hydrogen) atoms. The van der Waals surface area contributed by atoms with E-state index in [0.29, 0.717) is 5.92 Å². The molecule has 106 valence electrons. The molecular formula is C15H18BrN3S. The molecule has 0 atom stereocenters. The molecule has 2 rings (SSSR count). The molecule has 0 radical (unpaired) electrons. The molecule has 0 saturated carbocycles. The third-order valence-electron chi connectivity index (χ3n) is 2.64. The van der Waals surface area contributed by atoms with E-state index in [9.17, 15) is 0 Å². The van der Waals surface area contributed by atoms with Crippen LogP contribution in [0.2, 0.25) is 0 Å². The summed E-state index contributed by atoms with van der Waals surface area (Å²) >= 11 is 5.11. The summed E-state index contributed by atoms with van der Waals surface area (Å²) in [5, 5.41) is 5.40. The largest absolute Gasteiger partial charge is 0.312 e. The Morgan fingerprint density at radius 1 is 1.15 bits per heavy atom. The second kappa shape index (κ2) is 7.76. The van der Waals surface area contributed by atoms with Gasteiger partial charge in [0.15, 0.2) is 0 Å². The summed E-state index contributed by atoms with van der Waals surface area (Å²) in [7, 11) is 0. The molecule has 0 fully saturated rings. The number of pyridine rings is 2. The molecule has 0 unspecified atom stereocenters. The van der Waals surface area contributed by atoms with Crippen LogP contribution in [0.4, 0.5) is 0 Å². The maximum absolute atomic E-state index is 4.47. The zero-order valence-electron chi connectivity index (χ0n) is 11.6. The van der Waals surface area contributed by atoms with Crippen LogP contribution in [0.1, 0.15) is 19.4 Å². The van der Waals surface area contributed by atoms with Crippen molar-refractivity contribution in [2.45, 2.75) is 30.4 Å². The number of aromatic nitrogens is 2. The average molecular weight is 352 g/mol. The summed E-state index contributed by atoms with van der Waals surface area (Å²) in [6.45, 7) is 6.25. The van der Waals surface area contributed by atoms with Crippen LogP contribution in [-0.4, -0.2) is 16.5 Å². The van der Waals surface area contributed by atoms with E-state index in [1.54, 1.807) is 18.0 Å². The smallest absolute Gasteiger partial charge is 0.116 e. The summed E-state index contributed by atoms with van der Waals surface area (Å²) in [5.41, 5.74) is 1.20. The van der Waals surface area contributed by atoms with Crippen molar-refractivity contribution in [2.75, 3.05) is 6.54 Å². The molecule has 5 heteroatoms. The first-order valence-corrected chi connectivity index (χ1v) is 8.20. The molecule has 0 aliphatic rings. The van der Waals surface area contributed by atoms with Gasteiger partial charge < -0.3 is 5.32 Å². The van der Waals surface area contributed by atoms with Gasteiger partial charge in [0.25, 0.3) is 0 Å². The van der Waals surface area contributed by atoms with E-state index in [0.717, 1.165) is 27.6 Å². The highest BCUT2D eigenvalue weighted by Crippen LogP contribution is 2.31. The second-order valence-corrected chi connectivity index (χ2v) is 6.72. The van der Waals surface area contributed by atoms with Crippen LogP contribution in [0.25, 0.3) is 0 Å². The fourth-order valence-electron chi connectivity index (χ4n) is 1.68. The lowest BCUT2D eigenvalue weighted by molar-refractivity contribution is 0.549. The highest BCUT2D eigenvalue weighted by molar-refractivity contribution is 9.10. The van der Waals surface area contributed by atoms with Gasteiger partial charge in [0, 0.05) is 18.9 Å². The van der Waals surface area contributed by atoms with Gasteiger partial charge in [0.2, 0.25) is 0 Å². The van der Waals surface area contributed by atoms with E-state index in [1.165, 1.54) is 5.56 Å². The van der Waals surface area contributed by atoms with E-state index >= 15 is 0 Å². The predicted molar refractivity (Wildman–Crippen MR) is 86.8 cm³/mol. The monoisotopic (exact) mass is 351 g/mol. The van der Waals surface area contributed by atoms with Crippen molar-refractivity contribution in [1.82, 2.24) is 15.3 Å². The van der Waals surface area contributed by atoms with Crippen LogP contribution in [0, 0.1) is 5.92 Å². The molecule has 0 spiro atoms. The highest BCUT2D eigenvalue weighted by Gasteiger charge is 2.09. The number of nitrogens with zero attached hydrogens (tertiary/aromatic N) is 2. The SMILES string of the molecule is CC(C)CNCc1cccnc1Sc1ncccc1Br. The lowest BCUT2D eigenvalue weighted by Gasteiger charge is -2.11. The standard InChI is InChI=1S/C15H18BrN3S/c1-11(2)9-17-10-12-5-3-7-18-14(12)20-15-13(16)6-4-8-19-15/h3-8,11,17H,9-10H2,1-2H3. The summed E-state index contributed by atoms with van der Waals surface area (Å²) in [5.74, 6) is 0.646. The zero-order chi connectivity index (χ0) is 14.4. The van der Waals surface area contributed by atoms with Gasteiger partial charge in [-0.1, -0.05) is 19.9 Å². The Labute approximate surface area is 132 Å². The maximum Gasteiger partial charge on any atom is 0.116 e. The van der Waals surface area contributed by atoms with Gasteiger partial charge in [-0.05, 0) is 63.9 Å². The third-order valence-corrected chi connectivity index (χ3v) is 4.62. The lowest BCUT2D eigenvalue weighted by Crippen LogP contribution is -2.19. The molecule has 2 aromatic rings. The molecular weight excluding hydrogens is 334 g/mol. The Kier molecular flexibility index (Phi) is 6.01. The third kappa shape index (κ3) is 4.58. The Morgan fingerprint density at radius 2 is 1.85 bits per heavy atom. The van der Waals surface area contributed by atoms with Crippen LogP contribution in [0.5, 0.6) is 0 Å². The maximum atomic E-state index is 4.47. The summed E-state index contributed by atoms with van der Waals surface area (Å²) < 4.78 is 0.997.